The maximum Gasteiger partial charge on any atom is 0.0828 e. The monoisotopic (exact) mass is 195 g/mol. The van der Waals surface area contributed by atoms with E-state index in [0.29, 0.717) is 6.04 Å². The van der Waals surface area contributed by atoms with Gasteiger partial charge in [-0.1, -0.05) is 6.92 Å². The first-order valence-electron chi connectivity index (χ1n) is 5.40. The van der Waals surface area contributed by atoms with Crippen LogP contribution < -0.4 is 5.32 Å². The van der Waals surface area contributed by atoms with Gasteiger partial charge in [0.2, 0.25) is 0 Å². The molecule has 0 aromatic carbocycles. The van der Waals surface area contributed by atoms with E-state index in [1.54, 1.807) is 0 Å². The van der Waals surface area contributed by atoms with E-state index >= 15 is 0 Å². The smallest absolute Gasteiger partial charge is 0.0828 e. The van der Waals surface area contributed by atoms with Crippen LogP contribution in [0.1, 0.15) is 38.6 Å². The second-order valence-corrected chi connectivity index (χ2v) is 3.82. The van der Waals surface area contributed by atoms with E-state index < -0.39 is 0 Å². The molecule has 0 saturated heterocycles. The van der Waals surface area contributed by atoms with Crippen LogP contribution in [0.15, 0.2) is 0 Å². The van der Waals surface area contributed by atoms with E-state index in [2.05, 4.69) is 45.0 Å². The Morgan fingerprint density at radius 2 is 2.00 bits per heavy atom. The molecular formula is C11H21N3. The zero-order chi connectivity index (χ0) is 10.7. The Labute approximate surface area is 86.5 Å². The van der Waals surface area contributed by atoms with Crippen molar-refractivity contribution < 1.29 is 0 Å². The lowest BCUT2D eigenvalue weighted by Crippen LogP contribution is -2.14. The third-order valence-corrected chi connectivity index (χ3v) is 2.68. The normalized spacial score (nSPS) is 12.9. The minimum atomic E-state index is 0.516. The van der Waals surface area contributed by atoms with E-state index in [1.807, 2.05) is 4.68 Å². The van der Waals surface area contributed by atoms with Gasteiger partial charge in [-0.05, 0) is 34.1 Å². The molecule has 0 aliphatic carbocycles. The lowest BCUT2D eigenvalue weighted by atomic mass is 10.2. The summed E-state index contributed by atoms with van der Waals surface area (Å²) in [7, 11) is 0. The molecule has 0 aliphatic heterocycles. The van der Waals surface area contributed by atoms with E-state index in [4.69, 9.17) is 0 Å². The van der Waals surface area contributed by atoms with Crippen LogP contribution in [0, 0.1) is 13.8 Å². The van der Waals surface area contributed by atoms with Crippen molar-refractivity contribution in [1.82, 2.24) is 9.78 Å². The van der Waals surface area contributed by atoms with Crippen molar-refractivity contribution in [2.75, 3.05) is 5.32 Å². The lowest BCUT2D eigenvalue weighted by molar-refractivity contribution is 0.634. The summed E-state index contributed by atoms with van der Waals surface area (Å²) < 4.78 is 2.04. The largest absolute Gasteiger partial charge is 0.380 e. The predicted molar refractivity (Wildman–Crippen MR) is 60.8 cm³/mol. The van der Waals surface area contributed by atoms with E-state index in [0.717, 1.165) is 18.7 Å². The number of aryl methyl sites for hydroxylation is 2. The number of anilines is 1. The molecule has 0 spiro atoms. The average molecular weight is 195 g/mol. The SMILES string of the molecule is CCC(C)Nc1c(C)nn(CC)c1C. The van der Waals surface area contributed by atoms with Gasteiger partial charge in [-0.2, -0.15) is 5.10 Å². The molecular weight excluding hydrogens is 174 g/mol. The van der Waals surface area contributed by atoms with Crippen LogP contribution in [-0.4, -0.2) is 15.8 Å². The topological polar surface area (TPSA) is 29.9 Å². The Morgan fingerprint density at radius 1 is 1.36 bits per heavy atom. The summed E-state index contributed by atoms with van der Waals surface area (Å²) >= 11 is 0. The van der Waals surface area contributed by atoms with Crippen LogP contribution in [0.5, 0.6) is 0 Å². The molecule has 14 heavy (non-hydrogen) atoms. The standard InChI is InChI=1S/C11H21N3/c1-6-8(3)12-11-9(4)13-14(7-2)10(11)5/h8,12H,6-7H2,1-5H3. The van der Waals surface area contributed by atoms with E-state index in [9.17, 15) is 0 Å². The zero-order valence-electron chi connectivity index (χ0n) is 9.89. The van der Waals surface area contributed by atoms with Gasteiger partial charge in [0.05, 0.1) is 17.1 Å². The summed E-state index contributed by atoms with van der Waals surface area (Å²) in [6.45, 7) is 11.6. The highest BCUT2D eigenvalue weighted by Gasteiger charge is 2.11. The molecule has 0 amide bonds. The first-order chi connectivity index (χ1) is 6.60. The number of rotatable bonds is 4. The molecule has 0 bridgehead atoms. The molecule has 1 atom stereocenters. The number of hydrogen-bond donors (Lipinski definition) is 1. The second-order valence-electron chi connectivity index (χ2n) is 3.82. The minimum Gasteiger partial charge on any atom is -0.380 e. The second kappa shape index (κ2) is 4.49. The van der Waals surface area contributed by atoms with Crippen molar-refractivity contribution in [2.45, 2.75) is 53.6 Å². The lowest BCUT2D eigenvalue weighted by Gasteiger charge is -2.13. The van der Waals surface area contributed by atoms with Crippen molar-refractivity contribution in [3.8, 4) is 0 Å². The molecule has 1 N–H and O–H groups in total. The highest BCUT2D eigenvalue weighted by molar-refractivity contribution is 5.52. The molecule has 3 heteroatoms. The van der Waals surface area contributed by atoms with Crippen LogP contribution in [0.4, 0.5) is 5.69 Å². The van der Waals surface area contributed by atoms with Crippen molar-refractivity contribution in [3.05, 3.63) is 11.4 Å². The van der Waals surface area contributed by atoms with Gasteiger partial charge in [-0.15, -0.1) is 0 Å². The van der Waals surface area contributed by atoms with Crippen molar-refractivity contribution in [3.63, 3.8) is 0 Å². The van der Waals surface area contributed by atoms with Gasteiger partial charge >= 0.3 is 0 Å². The molecule has 80 valence electrons. The van der Waals surface area contributed by atoms with Crippen LogP contribution in [-0.2, 0) is 6.54 Å². The van der Waals surface area contributed by atoms with Gasteiger partial charge in [0.1, 0.15) is 0 Å². The molecule has 0 aliphatic rings. The number of nitrogens with zero attached hydrogens (tertiary/aromatic N) is 2. The van der Waals surface area contributed by atoms with Gasteiger partial charge in [0.15, 0.2) is 0 Å². The average Bonchev–Trinajstić information content (AvgIpc) is 2.44. The third kappa shape index (κ3) is 2.08. The highest BCUT2D eigenvalue weighted by Crippen LogP contribution is 2.20. The first kappa shape index (κ1) is 11.1. The fraction of sp³-hybridized carbons (Fsp3) is 0.727. The zero-order valence-corrected chi connectivity index (χ0v) is 9.89. The van der Waals surface area contributed by atoms with Gasteiger partial charge in [-0.3, -0.25) is 4.68 Å². The molecule has 1 heterocycles. The van der Waals surface area contributed by atoms with Crippen LogP contribution in [0.25, 0.3) is 0 Å². The Hall–Kier alpha value is -0.990. The number of hydrogen-bond acceptors (Lipinski definition) is 2. The Morgan fingerprint density at radius 3 is 2.43 bits per heavy atom. The molecule has 1 aromatic rings. The number of aromatic nitrogens is 2. The summed E-state index contributed by atoms with van der Waals surface area (Å²) in [5.74, 6) is 0. The first-order valence-corrected chi connectivity index (χ1v) is 5.40. The van der Waals surface area contributed by atoms with Gasteiger partial charge < -0.3 is 5.32 Å². The van der Waals surface area contributed by atoms with Gasteiger partial charge in [0.25, 0.3) is 0 Å². The Bertz CT molecular complexity index is 302. The fourth-order valence-corrected chi connectivity index (χ4v) is 1.56. The summed E-state index contributed by atoms with van der Waals surface area (Å²) in [6.07, 6.45) is 1.14. The minimum absolute atomic E-state index is 0.516. The fourth-order valence-electron chi connectivity index (χ4n) is 1.56. The predicted octanol–water partition coefficient (Wildman–Crippen LogP) is 2.73. The molecule has 0 saturated carbocycles. The maximum absolute atomic E-state index is 4.47. The van der Waals surface area contributed by atoms with Gasteiger partial charge in [-0.25, -0.2) is 0 Å². The van der Waals surface area contributed by atoms with Crippen molar-refractivity contribution in [2.24, 2.45) is 0 Å². The van der Waals surface area contributed by atoms with E-state index in [-0.39, 0.29) is 0 Å². The molecule has 0 fully saturated rings. The summed E-state index contributed by atoms with van der Waals surface area (Å²) in [4.78, 5) is 0. The molecule has 0 radical (unpaired) electrons. The Balaban J connectivity index is 2.90. The van der Waals surface area contributed by atoms with Crippen LogP contribution >= 0.6 is 0 Å². The third-order valence-electron chi connectivity index (χ3n) is 2.68. The van der Waals surface area contributed by atoms with Crippen molar-refractivity contribution in [1.29, 1.82) is 0 Å². The summed E-state index contributed by atoms with van der Waals surface area (Å²) in [5.41, 5.74) is 3.55. The highest BCUT2D eigenvalue weighted by atomic mass is 15.3. The maximum atomic E-state index is 4.47. The van der Waals surface area contributed by atoms with Crippen molar-refractivity contribution >= 4 is 5.69 Å². The molecule has 1 aromatic heterocycles. The van der Waals surface area contributed by atoms with Crippen LogP contribution in [0.2, 0.25) is 0 Å². The van der Waals surface area contributed by atoms with Gasteiger partial charge in [0, 0.05) is 12.6 Å². The molecule has 1 unspecified atom stereocenters. The van der Waals surface area contributed by atoms with E-state index in [1.165, 1.54) is 11.4 Å². The summed E-state index contributed by atoms with van der Waals surface area (Å²) in [6, 6.07) is 0.516. The Kier molecular flexibility index (Phi) is 3.55. The summed E-state index contributed by atoms with van der Waals surface area (Å²) in [5, 5.41) is 7.97. The number of nitrogens with one attached hydrogen (secondary N) is 1. The quantitative estimate of drug-likeness (QED) is 0.800. The van der Waals surface area contributed by atoms with Crippen LogP contribution in [0.3, 0.4) is 0 Å². The molecule has 3 nitrogen and oxygen atoms in total. The molecule has 1 rings (SSSR count).